The van der Waals surface area contributed by atoms with Gasteiger partial charge in [-0.15, -0.1) is 0 Å². The molecule has 1 fully saturated rings. The highest BCUT2D eigenvalue weighted by Crippen LogP contribution is 2.13. The number of carbonyl (C=O) groups excluding carboxylic acids is 1. The largest absolute Gasteiger partial charge is 0.379 e. The third-order valence-corrected chi connectivity index (χ3v) is 4.55. The molecule has 1 aliphatic heterocycles. The number of aromatic nitrogens is 1. The molecule has 0 aliphatic carbocycles. The SMILES string of the molecule is Cc1ccc2cc(CCC(=O)NCCN3CCOCC3)c(=O)[nH]c2c1. The van der Waals surface area contributed by atoms with Crippen LogP contribution >= 0.6 is 0 Å². The molecule has 6 heteroatoms. The number of nitrogens with zero attached hydrogens (tertiary/aromatic N) is 1. The minimum atomic E-state index is -0.112. The highest BCUT2D eigenvalue weighted by Gasteiger charge is 2.11. The Hall–Kier alpha value is -2.18. The second kappa shape index (κ2) is 8.27. The van der Waals surface area contributed by atoms with Crippen molar-refractivity contribution in [2.24, 2.45) is 0 Å². The summed E-state index contributed by atoms with van der Waals surface area (Å²) in [6, 6.07) is 7.85. The van der Waals surface area contributed by atoms with Gasteiger partial charge in [-0.05, 0) is 36.4 Å². The fourth-order valence-corrected chi connectivity index (χ4v) is 3.06. The van der Waals surface area contributed by atoms with Gasteiger partial charge in [0.2, 0.25) is 5.91 Å². The normalized spacial score (nSPS) is 15.4. The van der Waals surface area contributed by atoms with E-state index >= 15 is 0 Å². The summed E-state index contributed by atoms with van der Waals surface area (Å²) >= 11 is 0. The van der Waals surface area contributed by atoms with Crippen LogP contribution in [0.5, 0.6) is 0 Å². The number of hydrogen-bond acceptors (Lipinski definition) is 4. The van der Waals surface area contributed by atoms with Crippen molar-refractivity contribution in [2.75, 3.05) is 39.4 Å². The van der Waals surface area contributed by atoms with Crippen molar-refractivity contribution in [1.29, 1.82) is 0 Å². The Kier molecular flexibility index (Phi) is 5.83. The number of pyridine rings is 1. The molecule has 134 valence electrons. The van der Waals surface area contributed by atoms with Crippen LogP contribution in [-0.2, 0) is 16.0 Å². The van der Waals surface area contributed by atoms with E-state index in [-0.39, 0.29) is 11.5 Å². The molecule has 0 radical (unpaired) electrons. The summed E-state index contributed by atoms with van der Waals surface area (Å²) in [5.41, 5.74) is 2.48. The van der Waals surface area contributed by atoms with Gasteiger partial charge in [-0.1, -0.05) is 12.1 Å². The maximum atomic E-state index is 12.2. The molecule has 0 saturated carbocycles. The number of aryl methyl sites for hydroxylation is 2. The van der Waals surface area contributed by atoms with Crippen molar-refractivity contribution in [3.63, 3.8) is 0 Å². The smallest absolute Gasteiger partial charge is 0.251 e. The Balaban J connectivity index is 1.49. The van der Waals surface area contributed by atoms with Crippen LogP contribution in [0, 0.1) is 6.92 Å². The van der Waals surface area contributed by atoms with Gasteiger partial charge in [0, 0.05) is 43.7 Å². The molecule has 2 N–H and O–H groups in total. The molecule has 1 saturated heterocycles. The van der Waals surface area contributed by atoms with Gasteiger partial charge in [-0.2, -0.15) is 0 Å². The van der Waals surface area contributed by atoms with Gasteiger partial charge in [0.15, 0.2) is 0 Å². The van der Waals surface area contributed by atoms with Crippen molar-refractivity contribution in [3.05, 3.63) is 45.7 Å². The van der Waals surface area contributed by atoms with Crippen LogP contribution in [0.4, 0.5) is 0 Å². The molecule has 0 atom stereocenters. The van der Waals surface area contributed by atoms with E-state index in [0.717, 1.165) is 49.3 Å². The van der Waals surface area contributed by atoms with Crippen LogP contribution in [0.25, 0.3) is 10.9 Å². The summed E-state index contributed by atoms with van der Waals surface area (Å²) in [5.74, 6) is -0.0170. The first-order valence-electron chi connectivity index (χ1n) is 8.81. The highest BCUT2D eigenvalue weighted by atomic mass is 16.5. The van der Waals surface area contributed by atoms with Crippen LogP contribution in [0.2, 0.25) is 0 Å². The van der Waals surface area contributed by atoms with Gasteiger partial charge < -0.3 is 15.0 Å². The Labute approximate surface area is 147 Å². The number of rotatable bonds is 6. The summed E-state index contributed by atoms with van der Waals surface area (Å²) in [6.07, 6.45) is 0.770. The second-order valence-electron chi connectivity index (χ2n) is 6.52. The average molecular weight is 343 g/mol. The summed E-state index contributed by atoms with van der Waals surface area (Å²) in [5, 5.41) is 3.92. The number of aromatic amines is 1. The summed E-state index contributed by atoms with van der Waals surface area (Å²) < 4.78 is 5.30. The molecule has 1 aliphatic rings. The fraction of sp³-hybridized carbons (Fsp3) is 0.474. The maximum Gasteiger partial charge on any atom is 0.251 e. The lowest BCUT2D eigenvalue weighted by Crippen LogP contribution is -2.41. The van der Waals surface area contributed by atoms with E-state index < -0.39 is 0 Å². The summed E-state index contributed by atoms with van der Waals surface area (Å²) in [6.45, 7) is 6.82. The molecule has 1 aromatic heterocycles. The minimum Gasteiger partial charge on any atom is -0.379 e. The van der Waals surface area contributed by atoms with Gasteiger partial charge in [-0.25, -0.2) is 0 Å². The Morgan fingerprint density at radius 1 is 1.28 bits per heavy atom. The second-order valence-corrected chi connectivity index (χ2v) is 6.52. The molecular weight excluding hydrogens is 318 g/mol. The van der Waals surface area contributed by atoms with Crippen molar-refractivity contribution in [3.8, 4) is 0 Å². The molecule has 25 heavy (non-hydrogen) atoms. The number of ether oxygens (including phenoxy) is 1. The van der Waals surface area contributed by atoms with Crippen LogP contribution in [-0.4, -0.2) is 55.2 Å². The summed E-state index contributed by atoms with van der Waals surface area (Å²) in [7, 11) is 0. The maximum absolute atomic E-state index is 12.2. The van der Waals surface area contributed by atoms with Crippen LogP contribution < -0.4 is 10.9 Å². The molecule has 6 nitrogen and oxygen atoms in total. The standard InChI is InChI=1S/C19H25N3O3/c1-14-2-3-15-13-16(19(24)21-17(15)12-14)4-5-18(23)20-6-7-22-8-10-25-11-9-22/h2-3,12-13H,4-11H2,1H3,(H,20,23)(H,21,24). The number of H-pyrrole nitrogens is 1. The lowest BCUT2D eigenvalue weighted by atomic mass is 10.1. The number of morpholine rings is 1. The van der Waals surface area contributed by atoms with Crippen molar-refractivity contribution < 1.29 is 9.53 Å². The van der Waals surface area contributed by atoms with E-state index in [4.69, 9.17) is 4.74 Å². The van der Waals surface area contributed by atoms with Gasteiger partial charge in [0.1, 0.15) is 0 Å². The molecular formula is C19H25N3O3. The number of benzene rings is 1. The first-order valence-corrected chi connectivity index (χ1v) is 8.81. The molecule has 0 bridgehead atoms. The first kappa shape index (κ1) is 17.6. The number of amides is 1. The van der Waals surface area contributed by atoms with Crippen LogP contribution in [0.3, 0.4) is 0 Å². The Morgan fingerprint density at radius 2 is 2.08 bits per heavy atom. The van der Waals surface area contributed by atoms with Crippen molar-refractivity contribution in [2.45, 2.75) is 19.8 Å². The van der Waals surface area contributed by atoms with Gasteiger partial charge >= 0.3 is 0 Å². The zero-order valence-corrected chi connectivity index (χ0v) is 14.6. The zero-order valence-electron chi connectivity index (χ0n) is 14.6. The van der Waals surface area contributed by atoms with Crippen molar-refractivity contribution in [1.82, 2.24) is 15.2 Å². The van der Waals surface area contributed by atoms with E-state index in [1.807, 2.05) is 31.2 Å². The Bertz CT molecular complexity index is 794. The van der Waals surface area contributed by atoms with Gasteiger partial charge in [0.05, 0.1) is 13.2 Å². The van der Waals surface area contributed by atoms with E-state index in [0.29, 0.717) is 24.9 Å². The van der Waals surface area contributed by atoms with E-state index in [1.165, 1.54) is 0 Å². The molecule has 0 spiro atoms. The number of nitrogens with one attached hydrogen (secondary N) is 2. The van der Waals surface area contributed by atoms with Gasteiger partial charge in [0.25, 0.3) is 5.56 Å². The minimum absolute atomic E-state index is 0.0170. The number of hydrogen-bond donors (Lipinski definition) is 2. The molecule has 2 heterocycles. The third-order valence-electron chi connectivity index (χ3n) is 4.55. The third kappa shape index (κ3) is 4.90. The van der Waals surface area contributed by atoms with E-state index in [2.05, 4.69) is 15.2 Å². The zero-order chi connectivity index (χ0) is 17.6. The predicted octanol–water partition coefficient (Wildman–Crippen LogP) is 1.22. The monoisotopic (exact) mass is 343 g/mol. The molecule has 2 aromatic rings. The lowest BCUT2D eigenvalue weighted by Gasteiger charge is -2.26. The molecule has 3 rings (SSSR count). The molecule has 0 unspecified atom stereocenters. The molecule has 1 aromatic carbocycles. The summed E-state index contributed by atoms with van der Waals surface area (Å²) in [4.78, 5) is 29.4. The molecule has 1 amide bonds. The highest BCUT2D eigenvalue weighted by molar-refractivity contribution is 5.80. The Morgan fingerprint density at radius 3 is 2.88 bits per heavy atom. The topological polar surface area (TPSA) is 74.4 Å². The van der Waals surface area contributed by atoms with Gasteiger partial charge in [-0.3, -0.25) is 14.5 Å². The van der Waals surface area contributed by atoms with Crippen LogP contribution in [0.15, 0.2) is 29.1 Å². The average Bonchev–Trinajstić information content (AvgIpc) is 2.61. The predicted molar refractivity (Wildman–Crippen MR) is 97.9 cm³/mol. The quantitative estimate of drug-likeness (QED) is 0.827. The fourth-order valence-electron chi connectivity index (χ4n) is 3.06. The van der Waals surface area contributed by atoms with Crippen molar-refractivity contribution >= 4 is 16.8 Å². The van der Waals surface area contributed by atoms with E-state index in [9.17, 15) is 9.59 Å². The number of fused-ring (bicyclic) bond motifs is 1. The number of carbonyl (C=O) groups is 1. The lowest BCUT2D eigenvalue weighted by molar-refractivity contribution is -0.121. The van der Waals surface area contributed by atoms with E-state index in [1.54, 1.807) is 0 Å². The van der Waals surface area contributed by atoms with Crippen LogP contribution in [0.1, 0.15) is 17.5 Å². The first-order chi connectivity index (χ1) is 12.1.